The van der Waals surface area contributed by atoms with E-state index in [-0.39, 0.29) is 28.2 Å². The number of nitrogens with one attached hydrogen (secondary N) is 1. The summed E-state index contributed by atoms with van der Waals surface area (Å²) in [6.45, 7) is 1.30. The van der Waals surface area contributed by atoms with Crippen LogP contribution in [0, 0.1) is 5.82 Å². The van der Waals surface area contributed by atoms with Gasteiger partial charge in [-0.25, -0.2) is 12.8 Å². The number of hydrogen-bond acceptors (Lipinski definition) is 5. The molecule has 0 aliphatic carbocycles. The molecular weight excluding hydrogens is 415 g/mol. The summed E-state index contributed by atoms with van der Waals surface area (Å²) in [6.07, 6.45) is 0.679. The molecule has 2 heterocycles. The predicted octanol–water partition coefficient (Wildman–Crippen LogP) is 2.81. The van der Waals surface area contributed by atoms with Crippen molar-refractivity contribution in [3.05, 3.63) is 59.4 Å². The number of hydrogen-bond donors (Lipinski definition) is 1. The lowest BCUT2D eigenvalue weighted by Crippen LogP contribution is -2.40. The largest absolute Gasteiger partial charge is 0.379 e. The third-order valence-electron chi connectivity index (χ3n) is 5.02. The second kappa shape index (κ2) is 8.43. The van der Waals surface area contributed by atoms with Crippen molar-refractivity contribution in [2.75, 3.05) is 32.1 Å². The Labute approximate surface area is 173 Å². The molecule has 4 rings (SSSR count). The van der Waals surface area contributed by atoms with E-state index in [9.17, 15) is 17.6 Å². The van der Waals surface area contributed by atoms with Gasteiger partial charge in [-0.15, -0.1) is 11.8 Å². The number of carbonyl (C=O) groups excluding carboxylic acids is 1. The molecule has 1 saturated heterocycles. The number of halogens is 1. The van der Waals surface area contributed by atoms with Gasteiger partial charge < -0.3 is 10.1 Å². The molecule has 1 atom stereocenters. The fraction of sp³-hybridized carbons (Fsp3) is 0.350. The van der Waals surface area contributed by atoms with Gasteiger partial charge in [0.25, 0.3) is 5.91 Å². The van der Waals surface area contributed by atoms with Gasteiger partial charge in [-0.3, -0.25) is 4.79 Å². The Morgan fingerprint density at radius 2 is 1.97 bits per heavy atom. The molecule has 0 spiro atoms. The van der Waals surface area contributed by atoms with E-state index in [1.807, 2.05) is 0 Å². The van der Waals surface area contributed by atoms with Crippen LogP contribution < -0.4 is 5.32 Å². The van der Waals surface area contributed by atoms with Crippen LogP contribution in [-0.4, -0.2) is 50.7 Å². The summed E-state index contributed by atoms with van der Waals surface area (Å²) in [5, 5.41) is 2.93. The van der Waals surface area contributed by atoms with E-state index >= 15 is 0 Å². The van der Waals surface area contributed by atoms with Crippen LogP contribution in [0.5, 0.6) is 0 Å². The Morgan fingerprint density at radius 3 is 2.76 bits per heavy atom. The van der Waals surface area contributed by atoms with Crippen LogP contribution in [0.4, 0.5) is 4.39 Å². The molecule has 2 aromatic rings. The minimum Gasteiger partial charge on any atom is -0.379 e. The number of carbonyl (C=O) groups is 1. The third-order valence-corrected chi connectivity index (χ3v) is 8.04. The van der Waals surface area contributed by atoms with E-state index < -0.39 is 10.0 Å². The van der Waals surface area contributed by atoms with Gasteiger partial charge >= 0.3 is 0 Å². The standard InChI is InChI=1S/C20H21FN2O4S2/c21-15-4-5-19-17(13-15)18(6-11-28-19)22-20(24)14-2-1-3-16(12-14)29(25,26)23-7-9-27-10-8-23/h1-5,12-13,18H,6-11H2,(H,22,24). The van der Waals surface area contributed by atoms with Crippen molar-refractivity contribution in [3.63, 3.8) is 0 Å². The van der Waals surface area contributed by atoms with Gasteiger partial charge in [0.1, 0.15) is 5.82 Å². The van der Waals surface area contributed by atoms with Crippen molar-refractivity contribution < 1.29 is 22.3 Å². The Hall–Kier alpha value is -1.94. The third kappa shape index (κ3) is 4.32. The zero-order chi connectivity index (χ0) is 20.4. The second-order valence-corrected chi connectivity index (χ2v) is 9.96. The van der Waals surface area contributed by atoms with E-state index in [2.05, 4.69) is 5.32 Å². The molecule has 1 unspecified atom stereocenters. The Morgan fingerprint density at radius 1 is 1.17 bits per heavy atom. The van der Waals surface area contributed by atoms with E-state index in [1.165, 1.54) is 28.6 Å². The monoisotopic (exact) mass is 436 g/mol. The minimum absolute atomic E-state index is 0.0812. The molecule has 2 aliphatic rings. The lowest BCUT2D eigenvalue weighted by atomic mass is 10.0. The first-order valence-corrected chi connectivity index (χ1v) is 11.8. The highest BCUT2D eigenvalue weighted by molar-refractivity contribution is 7.99. The Balaban J connectivity index is 1.55. The van der Waals surface area contributed by atoms with Crippen LogP contribution >= 0.6 is 11.8 Å². The lowest BCUT2D eigenvalue weighted by Gasteiger charge is -2.27. The topological polar surface area (TPSA) is 75.7 Å². The summed E-state index contributed by atoms with van der Waals surface area (Å²) in [6, 6.07) is 10.3. The van der Waals surface area contributed by atoms with Gasteiger partial charge in [-0.05, 0) is 48.4 Å². The van der Waals surface area contributed by atoms with E-state index in [0.717, 1.165) is 16.2 Å². The summed E-state index contributed by atoms with van der Waals surface area (Å²) >= 11 is 1.63. The van der Waals surface area contributed by atoms with Crippen LogP contribution in [0.3, 0.4) is 0 Å². The van der Waals surface area contributed by atoms with E-state index in [1.54, 1.807) is 30.0 Å². The minimum atomic E-state index is -3.68. The highest BCUT2D eigenvalue weighted by Gasteiger charge is 2.28. The summed E-state index contributed by atoms with van der Waals surface area (Å²) in [5.74, 6) is 0.0925. The Bertz CT molecular complexity index is 1020. The van der Waals surface area contributed by atoms with Crippen molar-refractivity contribution >= 4 is 27.7 Å². The van der Waals surface area contributed by atoms with Gasteiger partial charge in [0, 0.05) is 29.3 Å². The molecule has 2 aliphatic heterocycles. The van der Waals surface area contributed by atoms with Gasteiger partial charge in [0.15, 0.2) is 0 Å². The Kier molecular flexibility index (Phi) is 5.91. The van der Waals surface area contributed by atoms with Gasteiger partial charge in [0.05, 0.1) is 24.2 Å². The molecule has 6 nitrogen and oxygen atoms in total. The molecule has 1 amide bonds. The molecule has 0 bridgehead atoms. The molecule has 0 aromatic heterocycles. The van der Waals surface area contributed by atoms with Gasteiger partial charge in [0.2, 0.25) is 10.0 Å². The molecular formula is C20H21FN2O4S2. The van der Waals surface area contributed by atoms with Crippen molar-refractivity contribution in [3.8, 4) is 0 Å². The number of ether oxygens (including phenoxy) is 1. The van der Waals surface area contributed by atoms with E-state index in [0.29, 0.717) is 32.7 Å². The smallest absolute Gasteiger partial charge is 0.251 e. The summed E-state index contributed by atoms with van der Waals surface area (Å²) < 4.78 is 46.0. The summed E-state index contributed by atoms with van der Waals surface area (Å²) in [5.41, 5.74) is 1.02. The van der Waals surface area contributed by atoms with Crippen LogP contribution in [0.15, 0.2) is 52.3 Å². The number of benzene rings is 2. The number of nitrogens with zero attached hydrogens (tertiary/aromatic N) is 1. The first-order valence-electron chi connectivity index (χ1n) is 9.36. The fourth-order valence-corrected chi connectivity index (χ4v) is 6.05. The number of fused-ring (bicyclic) bond motifs is 1. The zero-order valence-corrected chi connectivity index (χ0v) is 17.3. The number of thioether (sulfide) groups is 1. The normalized spacial score (nSPS) is 20.1. The zero-order valence-electron chi connectivity index (χ0n) is 15.6. The highest BCUT2D eigenvalue weighted by atomic mass is 32.2. The number of morpholine rings is 1. The molecule has 0 saturated carbocycles. The first-order chi connectivity index (χ1) is 13.9. The number of amides is 1. The van der Waals surface area contributed by atoms with Crippen LogP contribution in [0.2, 0.25) is 0 Å². The van der Waals surface area contributed by atoms with Crippen LogP contribution in [0.25, 0.3) is 0 Å². The van der Waals surface area contributed by atoms with Crippen molar-refractivity contribution in [2.24, 2.45) is 0 Å². The fourth-order valence-electron chi connectivity index (χ4n) is 3.49. The average Bonchev–Trinajstić information content (AvgIpc) is 2.75. The average molecular weight is 437 g/mol. The summed E-state index contributed by atoms with van der Waals surface area (Å²) in [4.78, 5) is 13.9. The van der Waals surface area contributed by atoms with E-state index in [4.69, 9.17) is 4.74 Å². The molecule has 2 aromatic carbocycles. The molecule has 1 fully saturated rings. The maximum absolute atomic E-state index is 13.7. The van der Waals surface area contributed by atoms with Crippen molar-refractivity contribution in [1.82, 2.24) is 9.62 Å². The van der Waals surface area contributed by atoms with Gasteiger partial charge in [-0.1, -0.05) is 6.07 Å². The SMILES string of the molecule is O=C(NC1CCSc2ccc(F)cc21)c1cccc(S(=O)(=O)N2CCOCC2)c1. The predicted molar refractivity (Wildman–Crippen MR) is 108 cm³/mol. The van der Waals surface area contributed by atoms with Crippen molar-refractivity contribution in [1.29, 1.82) is 0 Å². The van der Waals surface area contributed by atoms with Gasteiger partial charge in [-0.2, -0.15) is 4.31 Å². The number of rotatable bonds is 4. The van der Waals surface area contributed by atoms with Crippen LogP contribution in [0.1, 0.15) is 28.4 Å². The van der Waals surface area contributed by atoms with Crippen LogP contribution in [-0.2, 0) is 14.8 Å². The summed E-state index contributed by atoms with van der Waals surface area (Å²) in [7, 11) is -3.68. The quantitative estimate of drug-likeness (QED) is 0.798. The number of sulfonamides is 1. The lowest BCUT2D eigenvalue weighted by molar-refractivity contribution is 0.0730. The maximum atomic E-state index is 13.7. The second-order valence-electron chi connectivity index (χ2n) is 6.89. The first kappa shape index (κ1) is 20.3. The molecule has 154 valence electrons. The molecule has 9 heteroatoms. The van der Waals surface area contributed by atoms with Crippen molar-refractivity contribution in [2.45, 2.75) is 22.3 Å². The molecule has 0 radical (unpaired) electrons. The maximum Gasteiger partial charge on any atom is 0.251 e. The highest BCUT2D eigenvalue weighted by Crippen LogP contribution is 2.36. The molecule has 29 heavy (non-hydrogen) atoms. The molecule has 1 N–H and O–H groups in total.